The number of amides is 1. The van der Waals surface area contributed by atoms with Gasteiger partial charge in [0, 0.05) is 6.07 Å². The van der Waals surface area contributed by atoms with Crippen molar-refractivity contribution in [2.24, 2.45) is 0 Å². The van der Waals surface area contributed by atoms with E-state index in [1.165, 1.54) is 0 Å². The Bertz CT molecular complexity index is 384. The number of hydrogen-bond acceptors (Lipinski definition) is 4. The van der Waals surface area contributed by atoms with Crippen LogP contribution in [0, 0.1) is 0 Å². The summed E-state index contributed by atoms with van der Waals surface area (Å²) < 4.78 is 12.1. The van der Waals surface area contributed by atoms with Crippen LogP contribution in [0.5, 0.6) is 5.88 Å². The fourth-order valence-electron chi connectivity index (χ4n) is 1.38. The van der Waals surface area contributed by atoms with Gasteiger partial charge in [-0.3, -0.25) is 5.32 Å². The number of ether oxygens (including phenoxy) is 2. The molecule has 1 aromatic rings. The SMILES string of the molecule is CC(C)(C)OC(=O)Nc1cc2n(n1)CCO2. The van der Waals surface area contributed by atoms with Gasteiger partial charge in [-0.05, 0) is 20.8 Å². The summed E-state index contributed by atoms with van der Waals surface area (Å²) in [5.41, 5.74) is -0.511. The van der Waals surface area contributed by atoms with Crippen LogP contribution in [-0.4, -0.2) is 28.1 Å². The van der Waals surface area contributed by atoms with E-state index < -0.39 is 11.7 Å². The number of rotatable bonds is 1. The number of anilines is 1. The molecule has 0 saturated carbocycles. The summed E-state index contributed by atoms with van der Waals surface area (Å²) in [7, 11) is 0. The standard InChI is InChI=1S/C10H15N3O3/c1-10(2,3)16-9(14)11-7-6-8-13(12-7)4-5-15-8/h6H,4-5H2,1-3H3,(H,11,12,14). The highest BCUT2D eigenvalue weighted by Crippen LogP contribution is 2.21. The maximum atomic E-state index is 11.4. The number of hydrogen-bond donors (Lipinski definition) is 1. The topological polar surface area (TPSA) is 65.4 Å². The number of nitrogens with zero attached hydrogens (tertiary/aromatic N) is 2. The largest absolute Gasteiger partial charge is 0.476 e. The predicted octanol–water partition coefficient (Wildman–Crippen LogP) is 1.62. The summed E-state index contributed by atoms with van der Waals surface area (Å²) in [4.78, 5) is 11.4. The average molecular weight is 225 g/mol. The maximum absolute atomic E-state index is 11.4. The molecule has 1 amide bonds. The summed E-state index contributed by atoms with van der Waals surface area (Å²) in [6.45, 7) is 6.77. The summed E-state index contributed by atoms with van der Waals surface area (Å²) in [5.74, 6) is 1.12. The van der Waals surface area contributed by atoms with Crippen molar-refractivity contribution < 1.29 is 14.3 Å². The van der Waals surface area contributed by atoms with Crippen LogP contribution in [-0.2, 0) is 11.3 Å². The van der Waals surface area contributed by atoms with Crippen molar-refractivity contribution in [3.63, 3.8) is 0 Å². The number of carbonyl (C=O) groups excluding carboxylic acids is 1. The molecule has 0 spiro atoms. The summed E-state index contributed by atoms with van der Waals surface area (Å²) >= 11 is 0. The molecule has 1 aromatic heterocycles. The van der Waals surface area contributed by atoms with Gasteiger partial charge in [-0.1, -0.05) is 0 Å². The van der Waals surface area contributed by atoms with Gasteiger partial charge in [0.05, 0.1) is 6.54 Å². The molecule has 0 saturated heterocycles. The molecule has 88 valence electrons. The van der Waals surface area contributed by atoms with E-state index in [2.05, 4.69) is 10.4 Å². The zero-order chi connectivity index (χ0) is 11.8. The summed E-state index contributed by atoms with van der Waals surface area (Å²) in [6.07, 6.45) is -0.510. The van der Waals surface area contributed by atoms with Crippen molar-refractivity contribution >= 4 is 11.9 Å². The molecule has 0 radical (unpaired) electrons. The third kappa shape index (κ3) is 2.44. The van der Waals surface area contributed by atoms with Crippen molar-refractivity contribution in [2.45, 2.75) is 32.9 Å². The van der Waals surface area contributed by atoms with Gasteiger partial charge in [0.2, 0.25) is 5.88 Å². The van der Waals surface area contributed by atoms with E-state index in [1.807, 2.05) is 20.8 Å². The smallest absolute Gasteiger partial charge is 0.413 e. The van der Waals surface area contributed by atoms with Crippen molar-refractivity contribution in [1.82, 2.24) is 9.78 Å². The van der Waals surface area contributed by atoms with Crippen LogP contribution in [0.1, 0.15) is 20.8 Å². The van der Waals surface area contributed by atoms with Crippen LogP contribution in [0.3, 0.4) is 0 Å². The van der Waals surface area contributed by atoms with Gasteiger partial charge in [0.25, 0.3) is 0 Å². The summed E-state index contributed by atoms with van der Waals surface area (Å²) in [5, 5.41) is 6.70. The van der Waals surface area contributed by atoms with Gasteiger partial charge >= 0.3 is 6.09 Å². The molecule has 0 atom stereocenters. The first kappa shape index (κ1) is 10.8. The van der Waals surface area contributed by atoms with Crippen LogP contribution in [0.2, 0.25) is 0 Å². The molecule has 16 heavy (non-hydrogen) atoms. The van der Waals surface area contributed by atoms with E-state index >= 15 is 0 Å². The quantitative estimate of drug-likeness (QED) is 0.788. The fraction of sp³-hybridized carbons (Fsp3) is 0.600. The zero-order valence-electron chi connectivity index (χ0n) is 9.61. The molecule has 0 bridgehead atoms. The second-order valence-electron chi connectivity index (χ2n) is 4.57. The fourth-order valence-corrected chi connectivity index (χ4v) is 1.38. The number of aromatic nitrogens is 2. The molecular weight excluding hydrogens is 210 g/mol. The Hall–Kier alpha value is -1.72. The molecule has 2 heterocycles. The minimum Gasteiger partial charge on any atom is -0.476 e. The third-order valence-corrected chi connectivity index (χ3v) is 1.93. The Kier molecular flexibility index (Phi) is 2.49. The molecule has 6 nitrogen and oxygen atoms in total. The zero-order valence-corrected chi connectivity index (χ0v) is 9.61. The molecule has 2 rings (SSSR count). The van der Waals surface area contributed by atoms with Gasteiger partial charge in [-0.2, -0.15) is 5.10 Å². The van der Waals surface area contributed by atoms with E-state index in [1.54, 1.807) is 10.7 Å². The van der Waals surface area contributed by atoms with Crippen molar-refractivity contribution in [2.75, 3.05) is 11.9 Å². The Labute approximate surface area is 93.5 Å². The molecule has 0 aromatic carbocycles. The Morgan fingerprint density at radius 2 is 2.38 bits per heavy atom. The molecule has 0 fully saturated rings. The van der Waals surface area contributed by atoms with Crippen LogP contribution < -0.4 is 10.1 Å². The molecule has 0 unspecified atom stereocenters. The van der Waals surface area contributed by atoms with Gasteiger partial charge < -0.3 is 9.47 Å². The molecular formula is C10H15N3O3. The van der Waals surface area contributed by atoms with Crippen molar-refractivity contribution in [1.29, 1.82) is 0 Å². The molecule has 0 aliphatic carbocycles. The van der Waals surface area contributed by atoms with E-state index in [0.29, 0.717) is 24.8 Å². The van der Waals surface area contributed by atoms with E-state index in [0.717, 1.165) is 0 Å². The van der Waals surface area contributed by atoms with Crippen molar-refractivity contribution in [3.05, 3.63) is 6.07 Å². The predicted molar refractivity (Wildman–Crippen MR) is 57.6 cm³/mol. The lowest BCUT2D eigenvalue weighted by atomic mass is 10.2. The second-order valence-corrected chi connectivity index (χ2v) is 4.57. The van der Waals surface area contributed by atoms with Crippen LogP contribution in [0.25, 0.3) is 0 Å². The lowest BCUT2D eigenvalue weighted by Crippen LogP contribution is -2.27. The lowest BCUT2D eigenvalue weighted by molar-refractivity contribution is 0.0635. The van der Waals surface area contributed by atoms with Crippen LogP contribution in [0.4, 0.5) is 10.6 Å². The lowest BCUT2D eigenvalue weighted by Gasteiger charge is -2.18. The van der Waals surface area contributed by atoms with Crippen LogP contribution in [0.15, 0.2) is 6.07 Å². The highest BCUT2D eigenvalue weighted by molar-refractivity contribution is 5.83. The van der Waals surface area contributed by atoms with Gasteiger partial charge in [0.15, 0.2) is 5.82 Å². The van der Waals surface area contributed by atoms with Crippen LogP contribution >= 0.6 is 0 Å². The van der Waals surface area contributed by atoms with E-state index in [4.69, 9.17) is 9.47 Å². The van der Waals surface area contributed by atoms with Gasteiger partial charge in [-0.15, -0.1) is 0 Å². The maximum Gasteiger partial charge on any atom is 0.413 e. The molecule has 1 aliphatic heterocycles. The molecule has 6 heteroatoms. The minimum absolute atomic E-state index is 0.448. The monoisotopic (exact) mass is 225 g/mol. The highest BCUT2D eigenvalue weighted by atomic mass is 16.6. The van der Waals surface area contributed by atoms with E-state index in [-0.39, 0.29) is 0 Å². The first-order chi connectivity index (χ1) is 7.44. The normalized spacial score (nSPS) is 14.2. The average Bonchev–Trinajstić information content (AvgIpc) is 2.58. The third-order valence-electron chi connectivity index (χ3n) is 1.93. The minimum atomic E-state index is -0.511. The summed E-state index contributed by atoms with van der Waals surface area (Å²) in [6, 6.07) is 1.68. The van der Waals surface area contributed by atoms with Gasteiger partial charge in [0.1, 0.15) is 12.2 Å². The van der Waals surface area contributed by atoms with E-state index in [9.17, 15) is 4.79 Å². The second kappa shape index (κ2) is 3.70. The Balaban J connectivity index is 1.96. The highest BCUT2D eigenvalue weighted by Gasteiger charge is 2.19. The first-order valence-electron chi connectivity index (χ1n) is 5.15. The molecule has 1 N–H and O–H groups in total. The van der Waals surface area contributed by atoms with Gasteiger partial charge in [-0.25, -0.2) is 9.48 Å². The number of carbonyl (C=O) groups is 1. The molecule has 1 aliphatic rings. The Morgan fingerprint density at radius 3 is 3.00 bits per heavy atom. The number of fused-ring (bicyclic) bond motifs is 1. The van der Waals surface area contributed by atoms with Crippen molar-refractivity contribution in [3.8, 4) is 5.88 Å². The number of nitrogens with one attached hydrogen (secondary N) is 1. The first-order valence-corrected chi connectivity index (χ1v) is 5.15. The Morgan fingerprint density at radius 1 is 1.62 bits per heavy atom.